The molecule has 0 saturated carbocycles. The van der Waals surface area contributed by atoms with E-state index in [1.54, 1.807) is 12.1 Å². The van der Waals surface area contributed by atoms with Crippen molar-refractivity contribution >= 4 is 29.6 Å². The van der Waals surface area contributed by atoms with E-state index in [2.05, 4.69) is 110 Å². The zero-order valence-corrected chi connectivity index (χ0v) is 21.0. The van der Waals surface area contributed by atoms with Crippen molar-refractivity contribution in [3.8, 4) is 22.3 Å². The summed E-state index contributed by atoms with van der Waals surface area (Å²) in [5.74, 6) is 0. The van der Waals surface area contributed by atoms with Crippen LogP contribution in [0.5, 0.6) is 0 Å². The highest BCUT2D eigenvalue weighted by Crippen LogP contribution is 2.53. The van der Waals surface area contributed by atoms with Crippen LogP contribution in [0.4, 0.5) is 17.1 Å². The summed E-state index contributed by atoms with van der Waals surface area (Å²) in [6, 6.07) is 41.7. The molecule has 0 fully saturated rings. The lowest BCUT2D eigenvalue weighted by Gasteiger charge is -2.29. The van der Waals surface area contributed by atoms with Crippen LogP contribution < -0.4 is 10.4 Å². The molecule has 5 aromatic carbocycles. The van der Waals surface area contributed by atoms with E-state index in [1.807, 2.05) is 18.2 Å². The Bertz CT molecular complexity index is 1560. The van der Waals surface area contributed by atoms with E-state index in [-0.39, 0.29) is 5.41 Å². The van der Waals surface area contributed by atoms with Crippen LogP contribution in [0.2, 0.25) is 0 Å². The molecule has 0 unspecified atom stereocenters. The molecule has 0 atom stereocenters. The third kappa shape index (κ3) is 3.95. The normalized spacial score (nSPS) is 13.1. The molecule has 1 aliphatic carbocycles. The Morgan fingerprint density at radius 1 is 0.568 bits per heavy atom. The highest BCUT2D eigenvalue weighted by molar-refractivity contribution is 6.58. The molecule has 4 heteroatoms. The third-order valence-electron chi connectivity index (χ3n) is 7.51. The Morgan fingerprint density at radius 3 is 1.81 bits per heavy atom. The lowest BCUT2D eigenvalue weighted by Crippen LogP contribution is -2.29. The maximum Gasteiger partial charge on any atom is 0.488 e. The van der Waals surface area contributed by atoms with Gasteiger partial charge in [0.05, 0.1) is 5.69 Å². The molecular formula is C33H28BNO2. The number of fused-ring (bicyclic) bond motifs is 3. The van der Waals surface area contributed by atoms with Crippen molar-refractivity contribution in [2.45, 2.75) is 19.3 Å². The average Bonchev–Trinajstić information content (AvgIpc) is 3.17. The van der Waals surface area contributed by atoms with Crippen molar-refractivity contribution in [2.75, 3.05) is 4.90 Å². The third-order valence-corrected chi connectivity index (χ3v) is 7.51. The highest BCUT2D eigenvalue weighted by atomic mass is 16.4. The Balaban J connectivity index is 1.55. The van der Waals surface area contributed by atoms with Gasteiger partial charge < -0.3 is 14.9 Å². The minimum absolute atomic E-state index is 0.102. The summed E-state index contributed by atoms with van der Waals surface area (Å²) in [4.78, 5) is 2.26. The summed E-state index contributed by atoms with van der Waals surface area (Å²) in [6.07, 6.45) is 0. The molecule has 0 saturated heterocycles. The number of rotatable bonds is 5. The van der Waals surface area contributed by atoms with Crippen molar-refractivity contribution in [1.82, 2.24) is 0 Å². The molecule has 1 aliphatic rings. The lowest BCUT2D eigenvalue weighted by molar-refractivity contribution is 0.426. The largest absolute Gasteiger partial charge is 0.488 e. The summed E-state index contributed by atoms with van der Waals surface area (Å²) in [6.45, 7) is 4.58. The molecule has 0 radical (unpaired) electrons. The zero-order chi connectivity index (χ0) is 25.6. The summed E-state index contributed by atoms with van der Waals surface area (Å²) < 4.78 is 0. The smallest absolute Gasteiger partial charge is 0.423 e. The van der Waals surface area contributed by atoms with Crippen molar-refractivity contribution in [3.05, 3.63) is 132 Å². The van der Waals surface area contributed by atoms with E-state index in [9.17, 15) is 10.0 Å². The van der Waals surface area contributed by atoms with Gasteiger partial charge in [-0.1, -0.05) is 105 Å². The second kappa shape index (κ2) is 9.08. The van der Waals surface area contributed by atoms with E-state index in [1.165, 1.54) is 27.8 Å². The standard InChI is InChI=1S/C33H28BNO2/c1-33(2)29-12-7-6-11-28(29)32-30(33)13-8-14-31(32)35(27-21-17-25(18-22-27)34(36)37)26-19-15-24(16-20-26)23-9-4-3-5-10-23/h3-22,36-37H,1-2H3. The molecule has 0 amide bonds. The predicted molar refractivity (Wildman–Crippen MR) is 154 cm³/mol. The SMILES string of the molecule is CC1(C)c2ccccc2-c2c(N(c3ccc(B(O)O)cc3)c3ccc(-c4ccccc4)cc3)cccc21. The molecule has 180 valence electrons. The van der Waals surface area contributed by atoms with E-state index in [0.29, 0.717) is 5.46 Å². The molecule has 37 heavy (non-hydrogen) atoms. The van der Waals surface area contributed by atoms with Gasteiger partial charge in [0.2, 0.25) is 0 Å². The van der Waals surface area contributed by atoms with Crippen LogP contribution in [0.3, 0.4) is 0 Å². The highest BCUT2D eigenvalue weighted by Gasteiger charge is 2.37. The van der Waals surface area contributed by atoms with Crippen LogP contribution in [0.25, 0.3) is 22.3 Å². The van der Waals surface area contributed by atoms with Gasteiger partial charge in [0.15, 0.2) is 0 Å². The minimum atomic E-state index is -1.50. The summed E-state index contributed by atoms with van der Waals surface area (Å²) in [5, 5.41) is 19.3. The fourth-order valence-electron chi connectivity index (χ4n) is 5.58. The van der Waals surface area contributed by atoms with Crippen molar-refractivity contribution in [3.63, 3.8) is 0 Å². The fourth-order valence-corrected chi connectivity index (χ4v) is 5.58. The van der Waals surface area contributed by atoms with Gasteiger partial charge in [0.1, 0.15) is 0 Å². The first-order valence-corrected chi connectivity index (χ1v) is 12.6. The van der Waals surface area contributed by atoms with Gasteiger partial charge in [0, 0.05) is 22.4 Å². The van der Waals surface area contributed by atoms with E-state index < -0.39 is 7.12 Å². The Labute approximate surface area is 218 Å². The number of hydrogen-bond acceptors (Lipinski definition) is 3. The van der Waals surface area contributed by atoms with Crippen LogP contribution in [0.15, 0.2) is 121 Å². The van der Waals surface area contributed by atoms with Gasteiger partial charge in [-0.25, -0.2) is 0 Å². The quantitative estimate of drug-likeness (QED) is 0.271. The Kier molecular flexibility index (Phi) is 5.71. The zero-order valence-electron chi connectivity index (χ0n) is 21.0. The van der Waals surface area contributed by atoms with Gasteiger partial charge in [0.25, 0.3) is 0 Å². The molecular weight excluding hydrogens is 453 g/mol. The molecule has 0 spiro atoms. The Hall–Kier alpha value is -4.12. The first-order chi connectivity index (χ1) is 17.9. The monoisotopic (exact) mass is 481 g/mol. The van der Waals surface area contributed by atoms with Gasteiger partial charge >= 0.3 is 7.12 Å². The predicted octanol–water partition coefficient (Wildman–Crippen LogP) is 6.81. The van der Waals surface area contributed by atoms with E-state index in [0.717, 1.165) is 22.6 Å². The second-order valence-corrected chi connectivity index (χ2v) is 10.1. The molecule has 2 N–H and O–H groups in total. The van der Waals surface area contributed by atoms with Crippen LogP contribution in [0.1, 0.15) is 25.0 Å². The maximum atomic E-state index is 9.66. The van der Waals surface area contributed by atoms with Gasteiger partial charge in [-0.05, 0) is 63.6 Å². The average molecular weight is 481 g/mol. The molecule has 0 heterocycles. The summed E-state index contributed by atoms with van der Waals surface area (Å²) >= 11 is 0. The summed E-state index contributed by atoms with van der Waals surface area (Å²) in [5.41, 5.74) is 10.9. The minimum Gasteiger partial charge on any atom is -0.423 e. The molecule has 3 nitrogen and oxygen atoms in total. The Morgan fingerprint density at radius 2 is 1.14 bits per heavy atom. The topological polar surface area (TPSA) is 43.7 Å². The van der Waals surface area contributed by atoms with Crippen LogP contribution in [-0.4, -0.2) is 17.2 Å². The maximum absolute atomic E-state index is 9.66. The van der Waals surface area contributed by atoms with Crippen LogP contribution in [-0.2, 0) is 5.41 Å². The number of hydrogen-bond donors (Lipinski definition) is 2. The molecule has 0 aromatic heterocycles. The van der Waals surface area contributed by atoms with Gasteiger partial charge in [-0.15, -0.1) is 0 Å². The number of benzene rings is 5. The van der Waals surface area contributed by atoms with E-state index in [4.69, 9.17) is 0 Å². The number of nitrogens with zero attached hydrogens (tertiary/aromatic N) is 1. The van der Waals surface area contributed by atoms with Crippen molar-refractivity contribution in [2.24, 2.45) is 0 Å². The molecule has 5 aromatic rings. The lowest BCUT2D eigenvalue weighted by atomic mass is 9.80. The van der Waals surface area contributed by atoms with Crippen LogP contribution >= 0.6 is 0 Å². The van der Waals surface area contributed by atoms with Gasteiger partial charge in [-0.2, -0.15) is 0 Å². The molecule has 6 rings (SSSR count). The molecule has 0 aliphatic heterocycles. The van der Waals surface area contributed by atoms with Crippen molar-refractivity contribution < 1.29 is 10.0 Å². The molecule has 0 bridgehead atoms. The second-order valence-electron chi connectivity index (χ2n) is 10.1. The van der Waals surface area contributed by atoms with Gasteiger partial charge in [-0.3, -0.25) is 0 Å². The summed E-state index contributed by atoms with van der Waals surface area (Å²) in [7, 11) is -1.50. The van der Waals surface area contributed by atoms with Crippen LogP contribution in [0, 0.1) is 0 Å². The fraction of sp³-hybridized carbons (Fsp3) is 0.0909. The first kappa shape index (κ1) is 23.3. The first-order valence-electron chi connectivity index (χ1n) is 12.6. The van der Waals surface area contributed by atoms with E-state index >= 15 is 0 Å². The number of anilines is 3. The van der Waals surface area contributed by atoms with Crippen molar-refractivity contribution in [1.29, 1.82) is 0 Å².